The first kappa shape index (κ1) is 15.5. The van der Waals surface area contributed by atoms with Gasteiger partial charge in [0.2, 0.25) is 0 Å². The van der Waals surface area contributed by atoms with Gasteiger partial charge >= 0.3 is 0 Å². The van der Waals surface area contributed by atoms with Gasteiger partial charge < -0.3 is 14.2 Å². The number of hydrogen-bond donors (Lipinski definition) is 0. The molecule has 1 heterocycles. The van der Waals surface area contributed by atoms with Gasteiger partial charge in [0, 0.05) is 15.8 Å². The van der Waals surface area contributed by atoms with Gasteiger partial charge in [-0.25, -0.2) is 0 Å². The summed E-state index contributed by atoms with van der Waals surface area (Å²) in [5.41, 5.74) is 0.947. The van der Waals surface area contributed by atoms with Crippen LogP contribution in [0.4, 0.5) is 0 Å². The molecule has 0 spiro atoms. The number of alkyl halides is 1. The van der Waals surface area contributed by atoms with E-state index in [0.29, 0.717) is 16.5 Å². The molecular formula is C14H14BrClO3S. The Labute approximate surface area is 135 Å². The second-order valence-electron chi connectivity index (χ2n) is 3.96. The van der Waals surface area contributed by atoms with Crippen LogP contribution in [-0.2, 0) is 0 Å². The van der Waals surface area contributed by atoms with Crippen molar-refractivity contribution in [1.82, 2.24) is 0 Å². The molecular weight excluding hydrogens is 364 g/mol. The molecule has 2 rings (SSSR count). The fraction of sp³-hybridized carbons (Fsp3) is 0.286. The van der Waals surface area contributed by atoms with Crippen molar-refractivity contribution in [1.29, 1.82) is 0 Å². The number of ether oxygens (including phenoxy) is 3. The fourth-order valence-electron chi connectivity index (χ4n) is 1.85. The highest BCUT2D eigenvalue weighted by Gasteiger charge is 2.21. The van der Waals surface area contributed by atoms with Crippen molar-refractivity contribution in [2.45, 2.75) is 4.83 Å². The second-order valence-corrected chi connectivity index (χ2v) is 6.19. The van der Waals surface area contributed by atoms with E-state index in [1.165, 1.54) is 0 Å². The smallest absolute Gasteiger partial charge is 0.145 e. The Hall–Kier alpha value is -0.910. The largest absolute Gasteiger partial charge is 0.496 e. The molecule has 0 saturated carbocycles. The van der Waals surface area contributed by atoms with Gasteiger partial charge in [0.05, 0.1) is 26.2 Å². The van der Waals surface area contributed by atoms with Crippen LogP contribution in [-0.4, -0.2) is 21.3 Å². The molecule has 0 aliphatic rings. The zero-order valence-corrected chi connectivity index (χ0v) is 14.4. The number of benzene rings is 1. The molecule has 2 aromatic rings. The van der Waals surface area contributed by atoms with E-state index >= 15 is 0 Å². The summed E-state index contributed by atoms with van der Waals surface area (Å²) < 4.78 is 15.8. The summed E-state index contributed by atoms with van der Waals surface area (Å²) >= 11 is 11.6. The van der Waals surface area contributed by atoms with Gasteiger partial charge in [-0.05, 0) is 12.1 Å². The molecule has 0 bridgehead atoms. The van der Waals surface area contributed by atoms with Crippen molar-refractivity contribution >= 4 is 38.9 Å². The Bertz CT molecular complexity index is 600. The molecule has 6 heteroatoms. The maximum absolute atomic E-state index is 6.29. The molecule has 0 N–H and O–H groups in total. The lowest BCUT2D eigenvalue weighted by molar-refractivity contribution is 0.392. The van der Waals surface area contributed by atoms with Crippen molar-refractivity contribution < 1.29 is 14.2 Å². The Morgan fingerprint density at radius 3 is 2.45 bits per heavy atom. The van der Waals surface area contributed by atoms with E-state index in [1.54, 1.807) is 32.7 Å². The maximum Gasteiger partial charge on any atom is 0.145 e. The summed E-state index contributed by atoms with van der Waals surface area (Å²) in [5, 5.41) is 2.43. The quantitative estimate of drug-likeness (QED) is 0.693. The molecule has 0 aliphatic heterocycles. The maximum atomic E-state index is 6.29. The van der Waals surface area contributed by atoms with E-state index < -0.39 is 0 Å². The molecule has 3 nitrogen and oxygen atoms in total. The molecule has 0 aliphatic carbocycles. The Morgan fingerprint density at radius 1 is 1.15 bits per heavy atom. The van der Waals surface area contributed by atoms with Crippen LogP contribution >= 0.6 is 38.9 Å². The van der Waals surface area contributed by atoms with Gasteiger partial charge in [-0.1, -0.05) is 33.6 Å². The van der Waals surface area contributed by atoms with Gasteiger partial charge in [0.25, 0.3) is 0 Å². The lowest BCUT2D eigenvalue weighted by Crippen LogP contribution is -1.98. The Kier molecular flexibility index (Phi) is 5.18. The van der Waals surface area contributed by atoms with Gasteiger partial charge in [0.15, 0.2) is 0 Å². The van der Waals surface area contributed by atoms with Gasteiger partial charge in [0.1, 0.15) is 22.3 Å². The molecule has 1 atom stereocenters. The highest BCUT2D eigenvalue weighted by Crippen LogP contribution is 2.45. The minimum absolute atomic E-state index is 0.0187. The number of halogens is 2. The molecule has 0 amide bonds. The normalized spacial score (nSPS) is 12.1. The van der Waals surface area contributed by atoms with Crippen LogP contribution in [0, 0.1) is 0 Å². The number of hydrogen-bond acceptors (Lipinski definition) is 4. The summed E-state index contributed by atoms with van der Waals surface area (Å²) in [7, 11) is 4.83. The van der Waals surface area contributed by atoms with Crippen LogP contribution in [0.2, 0.25) is 5.02 Å². The molecule has 0 radical (unpaired) electrons. The van der Waals surface area contributed by atoms with Crippen LogP contribution in [0.25, 0.3) is 0 Å². The monoisotopic (exact) mass is 376 g/mol. The minimum atomic E-state index is -0.0187. The van der Waals surface area contributed by atoms with Crippen molar-refractivity contribution in [3.8, 4) is 17.2 Å². The van der Waals surface area contributed by atoms with Crippen LogP contribution in [0.3, 0.4) is 0 Å². The van der Waals surface area contributed by atoms with Gasteiger partial charge in [-0.2, -0.15) is 0 Å². The molecule has 0 saturated heterocycles. The van der Waals surface area contributed by atoms with Crippen molar-refractivity contribution in [2.24, 2.45) is 0 Å². The molecule has 1 aromatic heterocycles. The first-order valence-electron chi connectivity index (χ1n) is 5.79. The van der Waals surface area contributed by atoms with Crippen molar-refractivity contribution in [3.05, 3.63) is 39.0 Å². The topological polar surface area (TPSA) is 27.7 Å². The van der Waals surface area contributed by atoms with Crippen LogP contribution < -0.4 is 14.2 Å². The summed E-state index contributed by atoms with van der Waals surface area (Å²) in [5.74, 6) is 2.05. The van der Waals surface area contributed by atoms with Crippen molar-refractivity contribution in [2.75, 3.05) is 21.3 Å². The molecule has 1 aromatic carbocycles. The molecule has 20 heavy (non-hydrogen) atoms. The predicted molar refractivity (Wildman–Crippen MR) is 86.2 cm³/mol. The fourth-order valence-corrected chi connectivity index (χ4v) is 3.84. The third kappa shape index (κ3) is 2.90. The first-order valence-corrected chi connectivity index (χ1v) is 7.96. The Morgan fingerprint density at radius 2 is 1.90 bits per heavy atom. The number of rotatable bonds is 5. The summed E-state index contributed by atoms with van der Waals surface area (Å²) in [6, 6.07) is 5.76. The third-order valence-electron chi connectivity index (χ3n) is 2.87. The zero-order chi connectivity index (χ0) is 14.7. The molecule has 0 fully saturated rings. The molecule has 1 unspecified atom stereocenters. The van der Waals surface area contributed by atoms with E-state index in [4.69, 9.17) is 25.8 Å². The SMILES string of the molecule is COc1csc(C(Br)c2ccc(OC)c(Cl)c2OC)c1. The highest BCUT2D eigenvalue weighted by molar-refractivity contribution is 9.09. The Balaban J connectivity index is 2.43. The summed E-state index contributed by atoms with van der Waals surface area (Å²) in [6.45, 7) is 0. The van der Waals surface area contributed by atoms with Crippen LogP contribution in [0.15, 0.2) is 23.6 Å². The van der Waals surface area contributed by atoms with E-state index in [9.17, 15) is 0 Å². The average molecular weight is 378 g/mol. The van der Waals surface area contributed by atoms with E-state index in [2.05, 4.69) is 15.9 Å². The number of thiophene rings is 1. The van der Waals surface area contributed by atoms with Crippen LogP contribution in [0.5, 0.6) is 17.2 Å². The van der Waals surface area contributed by atoms with Crippen LogP contribution in [0.1, 0.15) is 15.3 Å². The van der Waals surface area contributed by atoms with E-state index in [-0.39, 0.29) is 4.83 Å². The summed E-state index contributed by atoms with van der Waals surface area (Å²) in [6.07, 6.45) is 0. The number of methoxy groups -OCH3 is 3. The molecule has 108 valence electrons. The van der Waals surface area contributed by atoms with Crippen molar-refractivity contribution in [3.63, 3.8) is 0 Å². The van der Waals surface area contributed by atoms with E-state index in [1.807, 2.05) is 23.6 Å². The minimum Gasteiger partial charge on any atom is -0.496 e. The second kappa shape index (κ2) is 6.70. The average Bonchev–Trinajstić information content (AvgIpc) is 2.95. The lowest BCUT2D eigenvalue weighted by atomic mass is 10.1. The highest BCUT2D eigenvalue weighted by atomic mass is 79.9. The van der Waals surface area contributed by atoms with Gasteiger partial charge in [-0.3, -0.25) is 0 Å². The predicted octanol–water partition coefficient (Wildman–Crippen LogP) is 4.91. The lowest BCUT2D eigenvalue weighted by Gasteiger charge is -2.16. The first-order chi connectivity index (χ1) is 9.62. The zero-order valence-electron chi connectivity index (χ0n) is 11.3. The standard InChI is InChI=1S/C14H14BrClO3S/c1-17-8-6-11(20-7-8)12(15)9-4-5-10(18-2)13(16)14(9)19-3/h4-7,12H,1-3H3. The van der Waals surface area contributed by atoms with Gasteiger partial charge in [-0.15, -0.1) is 11.3 Å². The third-order valence-corrected chi connectivity index (χ3v) is 5.49. The van der Waals surface area contributed by atoms with E-state index in [0.717, 1.165) is 16.2 Å². The summed E-state index contributed by atoms with van der Waals surface area (Å²) in [4.78, 5) is 1.09.